The Balaban J connectivity index is 2.12. The van der Waals surface area contributed by atoms with Gasteiger partial charge in [0, 0.05) is 11.6 Å². The standard InChI is InChI=1S/C15H22FN/c1-3-17-15(10-12-5-4-6-12)13-8-7-11(2)9-14(13)16/h7-9,12,15,17H,3-6,10H2,1-2H3. The van der Waals surface area contributed by atoms with Crippen molar-refractivity contribution in [1.82, 2.24) is 5.32 Å². The first kappa shape index (κ1) is 12.6. The molecule has 0 bridgehead atoms. The largest absolute Gasteiger partial charge is 0.310 e. The highest BCUT2D eigenvalue weighted by atomic mass is 19.1. The molecular weight excluding hydrogens is 213 g/mol. The Bertz CT molecular complexity index is 371. The van der Waals surface area contributed by atoms with Crippen molar-refractivity contribution < 1.29 is 4.39 Å². The highest BCUT2D eigenvalue weighted by Crippen LogP contribution is 2.35. The number of nitrogens with one attached hydrogen (secondary N) is 1. The fraction of sp³-hybridized carbons (Fsp3) is 0.600. The number of rotatable bonds is 5. The van der Waals surface area contributed by atoms with Crippen molar-refractivity contribution in [3.63, 3.8) is 0 Å². The molecule has 0 saturated heterocycles. The first-order chi connectivity index (χ1) is 8.20. The average Bonchev–Trinajstić information content (AvgIpc) is 2.22. The number of hydrogen-bond donors (Lipinski definition) is 1. The van der Waals surface area contributed by atoms with E-state index in [9.17, 15) is 4.39 Å². The van der Waals surface area contributed by atoms with E-state index >= 15 is 0 Å². The van der Waals surface area contributed by atoms with Gasteiger partial charge < -0.3 is 5.32 Å². The second-order valence-corrected chi connectivity index (χ2v) is 5.17. The minimum atomic E-state index is -0.0599. The zero-order chi connectivity index (χ0) is 12.3. The SMILES string of the molecule is CCNC(CC1CCC1)c1ccc(C)cc1F. The first-order valence-electron chi connectivity index (χ1n) is 6.70. The average molecular weight is 235 g/mol. The second kappa shape index (κ2) is 5.63. The summed E-state index contributed by atoms with van der Waals surface area (Å²) in [5.41, 5.74) is 1.83. The molecule has 1 unspecified atom stereocenters. The topological polar surface area (TPSA) is 12.0 Å². The summed E-state index contributed by atoms with van der Waals surface area (Å²) in [6.07, 6.45) is 5.05. The Morgan fingerprint density at radius 1 is 1.41 bits per heavy atom. The van der Waals surface area contributed by atoms with Gasteiger partial charge in [-0.1, -0.05) is 38.3 Å². The smallest absolute Gasteiger partial charge is 0.128 e. The van der Waals surface area contributed by atoms with E-state index in [1.807, 2.05) is 19.1 Å². The third kappa shape index (κ3) is 3.06. The van der Waals surface area contributed by atoms with Crippen LogP contribution in [0.5, 0.6) is 0 Å². The molecule has 0 amide bonds. The maximum absolute atomic E-state index is 14.0. The number of benzene rings is 1. The van der Waals surface area contributed by atoms with E-state index in [2.05, 4.69) is 12.2 Å². The van der Waals surface area contributed by atoms with Crippen molar-refractivity contribution >= 4 is 0 Å². The van der Waals surface area contributed by atoms with E-state index in [-0.39, 0.29) is 11.9 Å². The van der Waals surface area contributed by atoms with Gasteiger partial charge in [-0.15, -0.1) is 0 Å². The summed E-state index contributed by atoms with van der Waals surface area (Å²) in [4.78, 5) is 0. The Kier molecular flexibility index (Phi) is 4.16. The number of hydrogen-bond acceptors (Lipinski definition) is 1. The fourth-order valence-corrected chi connectivity index (χ4v) is 2.54. The van der Waals surface area contributed by atoms with Crippen LogP contribution in [0.2, 0.25) is 0 Å². The molecule has 1 nitrogen and oxygen atoms in total. The summed E-state index contributed by atoms with van der Waals surface area (Å²) in [5.74, 6) is 0.732. The van der Waals surface area contributed by atoms with Crippen molar-refractivity contribution in [1.29, 1.82) is 0 Å². The lowest BCUT2D eigenvalue weighted by Gasteiger charge is -2.30. The van der Waals surface area contributed by atoms with Gasteiger partial charge in [-0.05, 0) is 37.4 Å². The lowest BCUT2D eigenvalue weighted by atomic mass is 9.79. The van der Waals surface area contributed by atoms with Gasteiger partial charge in [0.05, 0.1) is 0 Å². The molecule has 2 rings (SSSR count). The van der Waals surface area contributed by atoms with Crippen molar-refractivity contribution in [3.8, 4) is 0 Å². The Morgan fingerprint density at radius 2 is 2.18 bits per heavy atom. The third-order valence-corrected chi connectivity index (χ3v) is 3.78. The van der Waals surface area contributed by atoms with Gasteiger partial charge in [-0.3, -0.25) is 0 Å². The Hall–Kier alpha value is -0.890. The minimum absolute atomic E-state index is 0.0599. The molecule has 0 spiro atoms. The number of aryl methyl sites for hydroxylation is 1. The summed E-state index contributed by atoms with van der Waals surface area (Å²) < 4.78 is 14.0. The van der Waals surface area contributed by atoms with E-state index < -0.39 is 0 Å². The summed E-state index contributed by atoms with van der Waals surface area (Å²) in [7, 11) is 0. The van der Waals surface area contributed by atoms with Crippen LogP contribution in [-0.2, 0) is 0 Å². The summed E-state index contributed by atoms with van der Waals surface area (Å²) >= 11 is 0. The highest BCUT2D eigenvalue weighted by Gasteiger charge is 2.24. The zero-order valence-electron chi connectivity index (χ0n) is 10.8. The van der Waals surface area contributed by atoms with Gasteiger partial charge >= 0.3 is 0 Å². The van der Waals surface area contributed by atoms with Crippen LogP contribution in [0.15, 0.2) is 18.2 Å². The molecule has 1 saturated carbocycles. The van der Waals surface area contributed by atoms with Crippen LogP contribution in [0.25, 0.3) is 0 Å². The fourth-order valence-electron chi connectivity index (χ4n) is 2.54. The van der Waals surface area contributed by atoms with E-state index in [4.69, 9.17) is 0 Å². The Morgan fingerprint density at radius 3 is 2.71 bits per heavy atom. The molecule has 1 fully saturated rings. The van der Waals surface area contributed by atoms with E-state index in [1.165, 1.54) is 19.3 Å². The van der Waals surface area contributed by atoms with Gasteiger partial charge in [0.25, 0.3) is 0 Å². The molecule has 0 aliphatic heterocycles. The molecule has 1 aliphatic carbocycles. The summed E-state index contributed by atoms with van der Waals surface area (Å²) in [5, 5.41) is 3.42. The molecule has 94 valence electrons. The molecule has 0 aromatic heterocycles. The summed E-state index contributed by atoms with van der Waals surface area (Å²) in [6.45, 7) is 4.91. The van der Waals surface area contributed by atoms with Crippen LogP contribution < -0.4 is 5.32 Å². The molecule has 17 heavy (non-hydrogen) atoms. The van der Waals surface area contributed by atoms with Gasteiger partial charge in [0.2, 0.25) is 0 Å². The number of halogens is 1. The molecule has 1 atom stereocenters. The predicted molar refractivity (Wildman–Crippen MR) is 69.5 cm³/mol. The molecule has 1 aromatic rings. The molecule has 2 heteroatoms. The van der Waals surface area contributed by atoms with Gasteiger partial charge in [-0.2, -0.15) is 0 Å². The van der Waals surface area contributed by atoms with Crippen LogP contribution in [0.3, 0.4) is 0 Å². The maximum atomic E-state index is 14.0. The van der Waals surface area contributed by atoms with Crippen molar-refractivity contribution in [3.05, 3.63) is 35.1 Å². The van der Waals surface area contributed by atoms with Crippen molar-refractivity contribution in [2.75, 3.05) is 6.54 Å². The molecule has 1 aromatic carbocycles. The van der Waals surface area contributed by atoms with Crippen molar-refractivity contribution in [2.24, 2.45) is 5.92 Å². The third-order valence-electron chi connectivity index (χ3n) is 3.78. The highest BCUT2D eigenvalue weighted by molar-refractivity contribution is 5.26. The molecule has 1 N–H and O–H groups in total. The van der Waals surface area contributed by atoms with E-state index in [0.717, 1.165) is 30.0 Å². The quantitative estimate of drug-likeness (QED) is 0.814. The maximum Gasteiger partial charge on any atom is 0.128 e. The molecule has 0 radical (unpaired) electrons. The Labute approximate surface area is 103 Å². The van der Waals surface area contributed by atoms with Crippen LogP contribution in [-0.4, -0.2) is 6.54 Å². The lowest BCUT2D eigenvalue weighted by molar-refractivity contribution is 0.260. The molecule has 0 heterocycles. The van der Waals surface area contributed by atoms with Crippen LogP contribution in [0.4, 0.5) is 4.39 Å². The van der Waals surface area contributed by atoms with E-state index in [1.54, 1.807) is 6.07 Å². The predicted octanol–water partition coefficient (Wildman–Crippen LogP) is 3.97. The zero-order valence-corrected chi connectivity index (χ0v) is 10.8. The van der Waals surface area contributed by atoms with Crippen molar-refractivity contribution in [2.45, 2.75) is 45.6 Å². The van der Waals surface area contributed by atoms with E-state index in [0.29, 0.717) is 0 Å². The minimum Gasteiger partial charge on any atom is -0.310 e. The second-order valence-electron chi connectivity index (χ2n) is 5.17. The lowest BCUT2D eigenvalue weighted by Crippen LogP contribution is -2.26. The van der Waals surface area contributed by atoms with Crippen LogP contribution in [0, 0.1) is 18.7 Å². The molecule has 1 aliphatic rings. The monoisotopic (exact) mass is 235 g/mol. The van der Waals surface area contributed by atoms with Crippen LogP contribution in [0.1, 0.15) is 49.8 Å². The first-order valence-corrected chi connectivity index (χ1v) is 6.70. The van der Waals surface area contributed by atoms with Gasteiger partial charge in [0.1, 0.15) is 5.82 Å². The molecular formula is C15H22FN. The van der Waals surface area contributed by atoms with Gasteiger partial charge in [-0.25, -0.2) is 4.39 Å². The normalized spacial score (nSPS) is 17.8. The van der Waals surface area contributed by atoms with Gasteiger partial charge in [0.15, 0.2) is 0 Å². The summed E-state index contributed by atoms with van der Waals surface area (Å²) in [6, 6.07) is 5.77. The van der Waals surface area contributed by atoms with Crippen LogP contribution >= 0.6 is 0 Å².